The molecular formula is C28H38Cl2N6O6S. The highest BCUT2D eigenvalue weighted by Gasteiger charge is 2.28. The summed E-state index contributed by atoms with van der Waals surface area (Å²) in [6, 6.07) is 11.2. The van der Waals surface area contributed by atoms with Crippen molar-refractivity contribution in [1.82, 2.24) is 9.80 Å². The van der Waals surface area contributed by atoms with E-state index in [9.17, 15) is 23.1 Å². The van der Waals surface area contributed by atoms with Gasteiger partial charge >= 0.3 is 5.97 Å². The number of nitrogens with zero attached hydrogens (tertiary/aromatic N) is 3. The lowest BCUT2D eigenvalue weighted by Gasteiger charge is -2.33. The molecule has 2 aromatic carbocycles. The number of anilines is 1. The van der Waals surface area contributed by atoms with Crippen LogP contribution in [0.3, 0.4) is 0 Å². The lowest BCUT2D eigenvalue weighted by molar-refractivity contribution is -0.134. The average molecular weight is 658 g/mol. The molecule has 1 heterocycles. The summed E-state index contributed by atoms with van der Waals surface area (Å²) in [4.78, 5) is 27.8. The van der Waals surface area contributed by atoms with Crippen LogP contribution in [0.5, 0.6) is 5.75 Å². The molecule has 0 bridgehead atoms. The Morgan fingerprint density at radius 3 is 2.33 bits per heavy atom. The Bertz CT molecular complexity index is 1460. The minimum absolute atomic E-state index is 0. The molecule has 1 saturated heterocycles. The molecule has 0 aliphatic carbocycles. The van der Waals surface area contributed by atoms with Gasteiger partial charge < -0.3 is 25.4 Å². The van der Waals surface area contributed by atoms with Gasteiger partial charge in [-0.2, -0.15) is 0 Å². The Morgan fingerprint density at radius 1 is 1.12 bits per heavy atom. The van der Waals surface area contributed by atoms with E-state index in [0.717, 1.165) is 4.31 Å². The van der Waals surface area contributed by atoms with Gasteiger partial charge in [-0.1, -0.05) is 30.4 Å². The maximum atomic E-state index is 13.1. The molecule has 0 atom stereocenters. The molecule has 1 aliphatic rings. The summed E-state index contributed by atoms with van der Waals surface area (Å²) < 4.78 is 33.4. The third-order valence-corrected chi connectivity index (χ3v) is 8.16. The second-order valence-corrected chi connectivity index (χ2v) is 11.8. The minimum atomic E-state index is -4.33. The Labute approximate surface area is 264 Å². The molecule has 0 aromatic heterocycles. The molecular weight excluding hydrogens is 619 g/mol. The zero-order valence-electron chi connectivity index (χ0n) is 24.1. The first kappa shape index (κ1) is 37.2. The Morgan fingerprint density at radius 2 is 1.77 bits per heavy atom. The van der Waals surface area contributed by atoms with Crippen molar-refractivity contribution in [3.8, 4) is 5.75 Å². The van der Waals surface area contributed by atoms with Gasteiger partial charge in [-0.3, -0.25) is 24.7 Å². The third kappa shape index (κ3) is 10.2. The summed E-state index contributed by atoms with van der Waals surface area (Å²) in [6.07, 6.45) is 4.31. The van der Waals surface area contributed by atoms with E-state index in [0.29, 0.717) is 48.6 Å². The number of nitrogens with two attached hydrogens (primary N) is 1. The van der Waals surface area contributed by atoms with Crippen molar-refractivity contribution in [2.24, 2.45) is 5.73 Å². The van der Waals surface area contributed by atoms with Gasteiger partial charge in [0.2, 0.25) is 10.0 Å². The van der Waals surface area contributed by atoms with Crippen LogP contribution in [0.15, 0.2) is 48.5 Å². The van der Waals surface area contributed by atoms with E-state index in [1.807, 2.05) is 4.90 Å². The normalized spacial score (nSPS) is 13.4. The lowest BCUT2D eigenvalue weighted by atomic mass is 10.1. The van der Waals surface area contributed by atoms with Crippen LogP contribution >= 0.6 is 24.8 Å². The number of nitrogen functional groups attached to an aromatic ring is 1. The van der Waals surface area contributed by atoms with Crippen molar-refractivity contribution in [1.29, 1.82) is 10.8 Å². The van der Waals surface area contributed by atoms with Crippen LogP contribution in [0.1, 0.15) is 41.3 Å². The number of halogens is 2. The lowest BCUT2D eigenvalue weighted by Crippen LogP contribution is -2.40. The molecule has 12 nitrogen and oxygen atoms in total. The Balaban J connectivity index is 0.00000462. The van der Waals surface area contributed by atoms with Crippen molar-refractivity contribution in [2.45, 2.75) is 25.9 Å². The first-order valence-electron chi connectivity index (χ1n) is 12.9. The van der Waals surface area contributed by atoms with Crippen LogP contribution in [-0.2, 0) is 14.8 Å². The number of carboxylic acids is 1. The summed E-state index contributed by atoms with van der Waals surface area (Å²) in [5, 5.41) is 24.7. The molecule has 1 aliphatic heterocycles. The zero-order chi connectivity index (χ0) is 30.3. The predicted octanol–water partition coefficient (Wildman–Crippen LogP) is 3.29. The van der Waals surface area contributed by atoms with Crippen LogP contribution in [0.25, 0.3) is 6.08 Å². The van der Waals surface area contributed by atoms with Gasteiger partial charge in [0, 0.05) is 45.6 Å². The second kappa shape index (κ2) is 16.1. The molecule has 0 spiro atoms. The molecule has 236 valence electrons. The number of piperidine rings is 1. The van der Waals surface area contributed by atoms with E-state index in [4.69, 9.17) is 21.3 Å². The summed E-state index contributed by atoms with van der Waals surface area (Å²) in [5.74, 6) is -2.38. The number of hydrogen-bond donors (Lipinski definition) is 4. The highest BCUT2D eigenvalue weighted by molar-refractivity contribution is 7.93. The number of carboxylic acid groups (broad SMARTS) is 1. The molecule has 1 fully saturated rings. The molecule has 1 amide bonds. The number of benzene rings is 2. The summed E-state index contributed by atoms with van der Waals surface area (Å²) in [5.41, 5.74) is 6.98. The fraction of sp³-hybridized carbons (Fsp3) is 0.357. The maximum Gasteiger partial charge on any atom is 0.320 e. The Hall–Kier alpha value is -3.81. The zero-order valence-corrected chi connectivity index (χ0v) is 26.6. The molecule has 2 aromatic rings. The average Bonchev–Trinajstić information content (AvgIpc) is 2.90. The monoisotopic (exact) mass is 656 g/mol. The number of ether oxygens (including phenoxy) is 1. The number of amides is 1. The van der Waals surface area contributed by atoms with Crippen molar-refractivity contribution in [2.75, 3.05) is 43.8 Å². The van der Waals surface area contributed by atoms with E-state index >= 15 is 0 Å². The number of hydrogen-bond acceptors (Lipinski definition) is 7. The van der Waals surface area contributed by atoms with Crippen molar-refractivity contribution >= 4 is 70.1 Å². The highest BCUT2D eigenvalue weighted by Crippen LogP contribution is 2.30. The largest absolute Gasteiger partial charge is 0.489 e. The van der Waals surface area contributed by atoms with Crippen LogP contribution in [0, 0.1) is 10.8 Å². The standard InChI is InChI=1S/C28H36N6O6S.2ClH/c1-19(29)33-14-11-23(12-15-33)40-25-10-9-22(17-24(25)28(37)32(2)3)34(41(38,39)18-26(35)36)13-5-7-20-6-4-8-21(16-20)27(30)31;;/h4-10,16-17,23,29H,11-15,18H2,1-3H3,(H3,30,31)(H,35,36);2*1H/b7-5+,29-19?;;. The first-order chi connectivity index (χ1) is 19.3. The number of rotatable bonds is 11. The van der Waals surface area contributed by atoms with E-state index in [1.54, 1.807) is 57.4 Å². The van der Waals surface area contributed by atoms with Gasteiger partial charge in [-0.25, -0.2) is 8.42 Å². The molecule has 5 N–H and O–H groups in total. The molecule has 3 rings (SSSR count). The summed E-state index contributed by atoms with van der Waals surface area (Å²) in [7, 11) is -1.19. The predicted molar refractivity (Wildman–Crippen MR) is 173 cm³/mol. The quantitative estimate of drug-likeness (QED) is 0.210. The van der Waals surface area contributed by atoms with Gasteiger partial charge in [0.15, 0.2) is 5.75 Å². The molecule has 15 heteroatoms. The second-order valence-electron chi connectivity index (χ2n) is 9.89. The topological polar surface area (TPSA) is 181 Å². The van der Waals surface area contributed by atoms with Crippen LogP contribution in [-0.4, -0.2) is 92.5 Å². The SMILES string of the molecule is CC(=N)N1CCC(Oc2ccc(N(C/C=C/c3cccc(C(=N)N)c3)S(=O)(=O)CC(=O)O)cc2C(=O)N(C)C)CC1.Cl.Cl. The molecule has 0 radical (unpaired) electrons. The van der Waals surface area contributed by atoms with Gasteiger partial charge in [-0.05, 0) is 36.8 Å². The number of aliphatic carboxylic acids is 1. The number of nitrogens with one attached hydrogen (secondary N) is 2. The van der Waals surface area contributed by atoms with E-state index in [1.165, 1.54) is 23.1 Å². The van der Waals surface area contributed by atoms with Gasteiger partial charge in [-0.15, -0.1) is 24.8 Å². The first-order valence-corrected chi connectivity index (χ1v) is 14.5. The summed E-state index contributed by atoms with van der Waals surface area (Å²) in [6.45, 7) is 2.82. The van der Waals surface area contributed by atoms with Gasteiger partial charge in [0.25, 0.3) is 5.91 Å². The van der Waals surface area contributed by atoms with Crippen molar-refractivity contribution < 1.29 is 27.9 Å². The highest BCUT2D eigenvalue weighted by atomic mass is 35.5. The number of carbonyl (C=O) groups is 2. The molecule has 0 saturated carbocycles. The Kier molecular flexibility index (Phi) is 14.0. The summed E-state index contributed by atoms with van der Waals surface area (Å²) >= 11 is 0. The number of likely N-dealkylation sites (tertiary alicyclic amines) is 1. The number of amidine groups is 2. The van der Waals surface area contributed by atoms with Crippen LogP contribution in [0.4, 0.5) is 5.69 Å². The fourth-order valence-electron chi connectivity index (χ4n) is 4.38. The third-order valence-electron chi connectivity index (χ3n) is 6.52. The molecule has 43 heavy (non-hydrogen) atoms. The number of sulfonamides is 1. The van der Waals surface area contributed by atoms with E-state index < -0.39 is 27.7 Å². The van der Waals surface area contributed by atoms with Crippen LogP contribution in [0.2, 0.25) is 0 Å². The van der Waals surface area contributed by atoms with E-state index in [-0.39, 0.29) is 54.5 Å². The number of carbonyl (C=O) groups excluding carboxylic acids is 1. The fourth-order valence-corrected chi connectivity index (χ4v) is 5.60. The minimum Gasteiger partial charge on any atom is -0.489 e. The molecule has 0 unspecified atom stereocenters. The maximum absolute atomic E-state index is 13.1. The van der Waals surface area contributed by atoms with Crippen molar-refractivity contribution in [3.05, 3.63) is 65.2 Å². The smallest absolute Gasteiger partial charge is 0.320 e. The van der Waals surface area contributed by atoms with Gasteiger partial charge in [0.1, 0.15) is 17.7 Å². The van der Waals surface area contributed by atoms with Crippen LogP contribution < -0.4 is 14.8 Å². The van der Waals surface area contributed by atoms with E-state index in [2.05, 4.69) is 0 Å². The van der Waals surface area contributed by atoms with Crippen molar-refractivity contribution in [3.63, 3.8) is 0 Å². The van der Waals surface area contributed by atoms with Gasteiger partial charge in [0.05, 0.1) is 23.6 Å².